The van der Waals surface area contributed by atoms with Crippen molar-refractivity contribution in [3.8, 4) is 0 Å². The molecule has 1 atom stereocenters. The third-order valence-electron chi connectivity index (χ3n) is 1.90. The fraction of sp³-hybridized carbons (Fsp3) is 1.00. The first kappa shape index (κ1) is 10.0. The molecule has 0 spiro atoms. The van der Waals surface area contributed by atoms with Gasteiger partial charge in [-0.25, -0.2) is 0 Å². The number of hydrogen-bond donors (Lipinski definition) is 1. The van der Waals surface area contributed by atoms with E-state index in [1.807, 2.05) is 0 Å². The second kappa shape index (κ2) is 7.14. The normalized spacial score (nSPS) is 13.1. The van der Waals surface area contributed by atoms with Crippen molar-refractivity contribution in [2.24, 2.45) is 0 Å². The molecule has 0 heterocycles. The molecular formula is C8H20BN. The van der Waals surface area contributed by atoms with Crippen LogP contribution in [0.5, 0.6) is 0 Å². The van der Waals surface area contributed by atoms with Gasteiger partial charge in [0.1, 0.15) is 0 Å². The van der Waals surface area contributed by atoms with Crippen LogP contribution in [0.25, 0.3) is 0 Å². The summed E-state index contributed by atoms with van der Waals surface area (Å²) in [7, 11) is 1.19. The second-order valence-corrected chi connectivity index (χ2v) is 3.07. The molecule has 0 aromatic heterocycles. The van der Waals surface area contributed by atoms with Crippen LogP contribution >= 0.6 is 0 Å². The standard InChI is InChI=1S/C8H20BN/c1-4-6-7-10-9-8(3)5-2/h8-10H,4-7H2,1-3H3. The molecule has 1 N–H and O–H groups in total. The minimum atomic E-state index is 0.844. The van der Waals surface area contributed by atoms with Gasteiger partial charge in [0.05, 0.1) is 0 Å². The molecule has 1 nitrogen and oxygen atoms in total. The predicted molar refractivity (Wildman–Crippen MR) is 49.8 cm³/mol. The molecule has 0 rings (SSSR count). The van der Waals surface area contributed by atoms with E-state index in [9.17, 15) is 0 Å². The van der Waals surface area contributed by atoms with Gasteiger partial charge in [0.25, 0.3) is 0 Å². The van der Waals surface area contributed by atoms with Crippen LogP contribution in [0.1, 0.15) is 40.0 Å². The number of nitrogens with one attached hydrogen (secondary N) is 1. The van der Waals surface area contributed by atoms with Crippen LogP contribution in [0.15, 0.2) is 0 Å². The van der Waals surface area contributed by atoms with Crippen molar-refractivity contribution in [1.82, 2.24) is 5.23 Å². The summed E-state index contributed by atoms with van der Waals surface area (Å²) < 4.78 is 0. The molecule has 0 saturated carbocycles. The maximum absolute atomic E-state index is 3.44. The van der Waals surface area contributed by atoms with Crippen molar-refractivity contribution in [2.75, 3.05) is 6.54 Å². The Labute approximate surface area is 65.9 Å². The fourth-order valence-corrected chi connectivity index (χ4v) is 0.795. The number of rotatable bonds is 6. The highest BCUT2D eigenvalue weighted by atomic mass is 14.7. The molecule has 0 amide bonds. The molecule has 0 aliphatic rings. The summed E-state index contributed by atoms with van der Waals surface area (Å²) in [4.78, 5) is 0. The van der Waals surface area contributed by atoms with Gasteiger partial charge in [-0.2, -0.15) is 0 Å². The summed E-state index contributed by atoms with van der Waals surface area (Å²) in [5.74, 6) is 0.844. The van der Waals surface area contributed by atoms with Crippen LogP contribution in [0.2, 0.25) is 5.82 Å². The molecule has 0 aromatic carbocycles. The Hall–Kier alpha value is 0.0249. The van der Waals surface area contributed by atoms with Crippen LogP contribution in [-0.4, -0.2) is 14.0 Å². The van der Waals surface area contributed by atoms with E-state index in [1.54, 1.807) is 0 Å². The Bertz CT molecular complexity index is 66.3. The highest BCUT2D eigenvalue weighted by molar-refractivity contribution is 6.34. The molecule has 0 bridgehead atoms. The van der Waals surface area contributed by atoms with Gasteiger partial charge in [0.2, 0.25) is 7.41 Å². The van der Waals surface area contributed by atoms with Crippen LogP contribution in [-0.2, 0) is 0 Å². The third-order valence-corrected chi connectivity index (χ3v) is 1.90. The van der Waals surface area contributed by atoms with Gasteiger partial charge >= 0.3 is 0 Å². The number of hydrogen-bond acceptors (Lipinski definition) is 1. The Morgan fingerprint density at radius 2 is 2.10 bits per heavy atom. The van der Waals surface area contributed by atoms with Crippen molar-refractivity contribution in [3.05, 3.63) is 0 Å². The largest absolute Gasteiger partial charge is 0.358 e. The van der Waals surface area contributed by atoms with Gasteiger partial charge in [0, 0.05) is 0 Å². The van der Waals surface area contributed by atoms with E-state index in [2.05, 4.69) is 26.0 Å². The lowest BCUT2D eigenvalue weighted by Gasteiger charge is -2.06. The van der Waals surface area contributed by atoms with Gasteiger partial charge < -0.3 is 5.23 Å². The molecule has 2 heteroatoms. The van der Waals surface area contributed by atoms with Gasteiger partial charge in [-0.1, -0.05) is 39.4 Å². The number of unbranched alkanes of at least 4 members (excludes halogenated alkanes) is 1. The molecule has 0 aliphatic carbocycles. The SMILES string of the molecule is CCCCNBC(C)CC. The molecule has 0 fully saturated rings. The molecule has 60 valence electrons. The minimum Gasteiger partial charge on any atom is -0.358 e. The Kier molecular flexibility index (Phi) is 7.15. The monoisotopic (exact) mass is 141 g/mol. The lowest BCUT2D eigenvalue weighted by Crippen LogP contribution is -2.23. The molecule has 1 unspecified atom stereocenters. The van der Waals surface area contributed by atoms with Gasteiger partial charge in [-0.3, -0.25) is 0 Å². The average molecular weight is 141 g/mol. The van der Waals surface area contributed by atoms with Crippen LogP contribution in [0.4, 0.5) is 0 Å². The molecule has 0 radical (unpaired) electrons. The summed E-state index contributed by atoms with van der Waals surface area (Å²) in [5, 5.41) is 3.44. The first-order chi connectivity index (χ1) is 4.81. The minimum absolute atomic E-state index is 0.844. The Morgan fingerprint density at radius 1 is 1.40 bits per heavy atom. The van der Waals surface area contributed by atoms with Crippen molar-refractivity contribution in [2.45, 2.75) is 45.9 Å². The zero-order chi connectivity index (χ0) is 7.82. The van der Waals surface area contributed by atoms with Crippen molar-refractivity contribution < 1.29 is 0 Å². The van der Waals surface area contributed by atoms with Crippen molar-refractivity contribution in [1.29, 1.82) is 0 Å². The first-order valence-corrected chi connectivity index (χ1v) is 4.52. The Balaban J connectivity index is 2.89. The zero-order valence-electron chi connectivity index (χ0n) is 7.61. The van der Waals surface area contributed by atoms with E-state index in [1.165, 1.54) is 33.2 Å². The van der Waals surface area contributed by atoms with Crippen LogP contribution in [0.3, 0.4) is 0 Å². The zero-order valence-corrected chi connectivity index (χ0v) is 7.61. The van der Waals surface area contributed by atoms with E-state index >= 15 is 0 Å². The maximum Gasteiger partial charge on any atom is 0.204 e. The summed E-state index contributed by atoms with van der Waals surface area (Å²) in [6.45, 7) is 7.96. The van der Waals surface area contributed by atoms with Crippen molar-refractivity contribution >= 4 is 7.41 Å². The molecular weight excluding hydrogens is 121 g/mol. The molecule has 0 aromatic rings. The first-order valence-electron chi connectivity index (χ1n) is 4.52. The van der Waals surface area contributed by atoms with Crippen LogP contribution < -0.4 is 5.23 Å². The fourth-order valence-electron chi connectivity index (χ4n) is 0.795. The van der Waals surface area contributed by atoms with E-state index < -0.39 is 0 Å². The van der Waals surface area contributed by atoms with Crippen LogP contribution in [0, 0.1) is 0 Å². The van der Waals surface area contributed by atoms with Crippen molar-refractivity contribution in [3.63, 3.8) is 0 Å². The quantitative estimate of drug-likeness (QED) is 0.440. The summed E-state index contributed by atoms with van der Waals surface area (Å²) >= 11 is 0. The highest BCUT2D eigenvalue weighted by Crippen LogP contribution is 2.02. The lowest BCUT2D eigenvalue weighted by molar-refractivity contribution is 0.749. The van der Waals surface area contributed by atoms with E-state index in [0.29, 0.717) is 0 Å². The van der Waals surface area contributed by atoms with E-state index in [4.69, 9.17) is 0 Å². The third kappa shape index (κ3) is 6.15. The van der Waals surface area contributed by atoms with Gasteiger partial charge in [0.15, 0.2) is 0 Å². The molecule has 10 heavy (non-hydrogen) atoms. The smallest absolute Gasteiger partial charge is 0.204 e. The lowest BCUT2D eigenvalue weighted by atomic mass is 9.75. The van der Waals surface area contributed by atoms with E-state index in [-0.39, 0.29) is 0 Å². The summed E-state index contributed by atoms with van der Waals surface area (Å²) in [6, 6.07) is 0. The Morgan fingerprint density at radius 3 is 2.60 bits per heavy atom. The highest BCUT2D eigenvalue weighted by Gasteiger charge is 1.98. The van der Waals surface area contributed by atoms with E-state index in [0.717, 1.165) is 5.82 Å². The second-order valence-electron chi connectivity index (χ2n) is 3.07. The average Bonchev–Trinajstić information content (AvgIpc) is 1.98. The van der Waals surface area contributed by atoms with Gasteiger partial charge in [-0.15, -0.1) is 0 Å². The van der Waals surface area contributed by atoms with Gasteiger partial charge in [-0.05, 0) is 13.0 Å². The maximum atomic E-state index is 3.44. The molecule has 0 saturated heterocycles. The molecule has 0 aliphatic heterocycles. The summed E-state index contributed by atoms with van der Waals surface area (Å²) in [5.41, 5.74) is 0. The predicted octanol–water partition coefficient (Wildman–Crippen LogP) is 1.95. The summed E-state index contributed by atoms with van der Waals surface area (Å²) in [6.07, 6.45) is 3.91. The topological polar surface area (TPSA) is 12.0 Å².